The van der Waals surface area contributed by atoms with Crippen LogP contribution in [0.15, 0.2) is 40.9 Å². The first-order chi connectivity index (χ1) is 15.1. The molecule has 2 aliphatic rings. The molecule has 0 amide bonds. The Bertz CT molecular complexity index is 1140. The van der Waals surface area contributed by atoms with Crippen LogP contribution in [0.4, 0.5) is 0 Å². The van der Waals surface area contributed by atoms with Crippen molar-refractivity contribution in [2.45, 2.75) is 51.7 Å². The summed E-state index contributed by atoms with van der Waals surface area (Å²) in [5.74, 6) is 1.58. The van der Waals surface area contributed by atoms with Gasteiger partial charge in [0.25, 0.3) is 5.89 Å². The molecule has 1 aliphatic carbocycles. The minimum atomic E-state index is -0.00230. The molecule has 1 aromatic heterocycles. The molecule has 31 heavy (non-hydrogen) atoms. The number of nitrogens with zero attached hydrogens (tertiary/aromatic N) is 4. The highest BCUT2D eigenvalue weighted by Gasteiger charge is 2.31. The quantitative estimate of drug-likeness (QED) is 0.575. The van der Waals surface area contributed by atoms with Crippen molar-refractivity contribution in [2.24, 2.45) is 0 Å². The van der Waals surface area contributed by atoms with Crippen molar-refractivity contribution in [1.82, 2.24) is 15.0 Å². The first-order valence-corrected chi connectivity index (χ1v) is 11.0. The van der Waals surface area contributed by atoms with E-state index < -0.39 is 0 Å². The number of benzene rings is 2. The van der Waals surface area contributed by atoms with Crippen LogP contribution in [0.25, 0.3) is 22.8 Å². The molecule has 2 aromatic carbocycles. The fraction of sp³-hybridized carbons (Fsp3) is 0.400. The molecule has 1 atom stereocenters. The Morgan fingerprint density at radius 2 is 2.03 bits per heavy atom. The van der Waals surface area contributed by atoms with Crippen LogP contribution in [-0.2, 0) is 6.42 Å². The molecule has 0 spiro atoms. The predicted molar refractivity (Wildman–Crippen MR) is 118 cm³/mol. The summed E-state index contributed by atoms with van der Waals surface area (Å²) in [6, 6.07) is 14.5. The number of nitriles is 1. The molecular formula is C25H26N4O2. The van der Waals surface area contributed by atoms with Crippen LogP contribution in [0.5, 0.6) is 5.75 Å². The van der Waals surface area contributed by atoms with Crippen molar-refractivity contribution in [3.8, 4) is 34.7 Å². The van der Waals surface area contributed by atoms with Gasteiger partial charge in [-0.05, 0) is 81.9 Å². The number of hydrogen-bond acceptors (Lipinski definition) is 6. The minimum absolute atomic E-state index is 0.00230. The van der Waals surface area contributed by atoms with Crippen molar-refractivity contribution in [2.75, 3.05) is 13.1 Å². The van der Waals surface area contributed by atoms with Crippen molar-refractivity contribution in [1.29, 1.82) is 5.26 Å². The van der Waals surface area contributed by atoms with Gasteiger partial charge in [0.1, 0.15) is 11.8 Å². The summed E-state index contributed by atoms with van der Waals surface area (Å²) < 4.78 is 11.3. The number of likely N-dealkylation sites (tertiary alicyclic amines) is 1. The van der Waals surface area contributed by atoms with Crippen LogP contribution in [0.1, 0.15) is 55.8 Å². The van der Waals surface area contributed by atoms with Gasteiger partial charge in [-0.3, -0.25) is 4.90 Å². The Hall–Kier alpha value is -3.17. The number of aromatic nitrogens is 2. The topological polar surface area (TPSA) is 75.2 Å². The minimum Gasteiger partial charge on any atom is -0.490 e. The van der Waals surface area contributed by atoms with Gasteiger partial charge >= 0.3 is 0 Å². The van der Waals surface area contributed by atoms with E-state index in [1.807, 2.05) is 19.9 Å². The molecule has 0 saturated carbocycles. The highest BCUT2D eigenvalue weighted by Crippen LogP contribution is 2.41. The molecule has 0 bridgehead atoms. The van der Waals surface area contributed by atoms with Gasteiger partial charge in [0.2, 0.25) is 5.82 Å². The molecule has 6 nitrogen and oxygen atoms in total. The van der Waals surface area contributed by atoms with Crippen LogP contribution >= 0.6 is 0 Å². The monoisotopic (exact) mass is 414 g/mol. The van der Waals surface area contributed by atoms with Crippen LogP contribution in [0.2, 0.25) is 0 Å². The van der Waals surface area contributed by atoms with E-state index in [0.29, 0.717) is 34.6 Å². The average Bonchev–Trinajstić information content (AvgIpc) is 3.53. The predicted octanol–water partition coefficient (Wildman–Crippen LogP) is 5.15. The lowest BCUT2D eigenvalue weighted by Crippen LogP contribution is -2.23. The molecule has 0 N–H and O–H groups in total. The van der Waals surface area contributed by atoms with Gasteiger partial charge in [-0.2, -0.15) is 10.2 Å². The lowest BCUT2D eigenvalue weighted by atomic mass is 10.0. The van der Waals surface area contributed by atoms with Gasteiger partial charge in [-0.25, -0.2) is 0 Å². The van der Waals surface area contributed by atoms with Crippen LogP contribution in [0, 0.1) is 11.3 Å². The standard InChI is InChI=1S/C25H26N4O2/c1-16(2)30-23-11-8-17(14-18(23)15-26)25-27-24(28-31-25)21-7-5-6-20-19(21)9-10-22(20)29-12-3-4-13-29/h5-8,11,14,16,22H,3-4,9-10,12-13H2,1-2H3. The van der Waals surface area contributed by atoms with Crippen LogP contribution in [-0.4, -0.2) is 34.2 Å². The summed E-state index contributed by atoms with van der Waals surface area (Å²) in [7, 11) is 0. The van der Waals surface area contributed by atoms with Crippen LogP contribution in [0.3, 0.4) is 0 Å². The summed E-state index contributed by atoms with van der Waals surface area (Å²) in [6.07, 6.45) is 4.78. The van der Waals surface area contributed by atoms with Gasteiger partial charge in [0.05, 0.1) is 11.7 Å². The van der Waals surface area contributed by atoms with E-state index in [4.69, 9.17) is 9.26 Å². The zero-order chi connectivity index (χ0) is 21.4. The van der Waals surface area contributed by atoms with E-state index in [1.54, 1.807) is 12.1 Å². The maximum atomic E-state index is 9.51. The Morgan fingerprint density at radius 1 is 1.19 bits per heavy atom. The Labute approximate surface area is 182 Å². The Morgan fingerprint density at radius 3 is 2.81 bits per heavy atom. The fourth-order valence-electron chi connectivity index (χ4n) is 4.83. The van der Waals surface area contributed by atoms with Crippen molar-refractivity contribution in [3.05, 3.63) is 53.1 Å². The van der Waals surface area contributed by atoms with Crippen molar-refractivity contribution in [3.63, 3.8) is 0 Å². The van der Waals surface area contributed by atoms with E-state index >= 15 is 0 Å². The molecule has 1 fully saturated rings. The first-order valence-electron chi connectivity index (χ1n) is 11.0. The zero-order valence-corrected chi connectivity index (χ0v) is 18.0. The van der Waals surface area contributed by atoms with E-state index in [9.17, 15) is 5.26 Å². The molecule has 158 valence electrons. The van der Waals surface area contributed by atoms with E-state index in [0.717, 1.165) is 18.4 Å². The van der Waals surface area contributed by atoms with Gasteiger partial charge in [0, 0.05) is 17.2 Å². The highest BCUT2D eigenvalue weighted by molar-refractivity contribution is 5.67. The highest BCUT2D eigenvalue weighted by atomic mass is 16.5. The van der Waals surface area contributed by atoms with Crippen molar-refractivity contribution >= 4 is 0 Å². The zero-order valence-electron chi connectivity index (χ0n) is 18.0. The summed E-state index contributed by atoms with van der Waals surface area (Å²) in [5.41, 5.74) is 4.97. The van der Waals surface area contributed by atoms with Gasteiger partial charge in [-0.1, -0.05) is 23.4 Å². The summed E-state index contributed by atoms with van der Waals surface area (Å²) in [6.45, 7) is 6.26. The molecule has 3 aromatic rings. The summed E-state index contributed by atoms with van der Waals surface area (Å²) >= 11 is 0. The van der Waals surface area contributed by atoms with Crippen LogP contribution < -0.4 is 4.74 Å². The third kappa shape index (κ3) is 3.70. The second-order valence-corrected chi connectivity index (χ2v) is 8.58. The number of rotatable bonds is 5. The number of ether oxygens (including phenoxy) is 1. The average molecular weight is 415 g/mol. The smallest absolute Gasteiger partial charge is 0.258 e. The van der Waals surface area contributed by atoms with E-state index in [2.05, 4.69) is 39.3 Å². The third-order valence-electron chi connectivity index (χ3n) is 6.20. The number of fused-ring (bicyclic) bond motifs is 1. The van der Waals surface area contributed by atoms with Crippen molar-refractivity contribution < 1.29 is 9.26 Å². The summed E-state index contributed by atoms with van der Waals surface area (Å²) in [5, 5.41) is 13.8. The maximum Gasteiger partial charge on any atom is 0.258 e. The van der Waals surface area contributed by atoms with Gasteiger partial charge in [-0.15, -0.1) is 0 Å². The second-order valence-electron chi connectivity index (χ2n) is 8.58. The summed E-state index contributed by atoms with van der Waals surface area (Å²) in [4.78, 5) is 7.29. The normalized spacial score (nSPS) is 18.3. The molecule has 0 radical (unpaired) electrons. The van der Waals surface area contributed by atoms with Gasteiger partial charge in [0.15, 0.2) is 0 Å². The molecule has 1 aliphatic heterocycles. The number of hydrogen-bond donors (Lipinski definition) is 0. The molecule has 6 heteroatoms. The Balaban J connectivity index is 1.45. The van der Waals surface area contributed by atoms with E-state index in [1.165, 1.54) is 37.1 Å². The third-order valence-corrected chi connectivity index (χ3v) is 6.20. The lowest BCUT2D eigenvalue weighted by Gasteiger charge is -2.24. The molecule has 1 unspecified atom stereocenters. The second kappa shape index (κ2) is 8.16. The fourth-order valence-corrected chi connectivity index (χ4v) is 4.83. The SMILES string of the molecule is CC(C)Oc1ccc(-c2nc(-c3cccc4c3CCC4N3CCCC3)no2)cc1C#N. The Kier molecular flexibility index (Phi) is 5.21. The largest absolute Gasteiger partial charge is 0.490 e. The van der Waals surface area contributed by atoms with E-state index in [-0.39, 0.29) is 6.10 Å². The first kappa shape index (κ1) is 19.8. The lowest BCUT2D eigenvalue weighted by molar-refractivity contribution is 0.241. The maximum absolute atomic E-state index is 9.51. The molecule has 5 rings (SSSR count). The molecule has 2 heterocycles. The van der Waals surface area contributed by atoms with Gasteiger partial charge < -0.3 is 9.26 Å². The molecular weight excluding hydrogens is 388 g/mol. The molecule has 1 saturated heterocycles.